The number of nitriles is 2. The summed E-state index contributed by atoms with van der Waals surface area (Å²) in [5, 5.41) is 22.1. The molecule has 0 saturated carbocycles. The molecule has 146 valence electrons. The number of benzene rings is 1. The summed E-state index contributed by atoms with van der Waals surface area (Å²) in [6, 6.07) is 11.6. The predicted octanol–water partition coefficient (Wildman–Crippen LogP) is 1.55. The zero-order valence-corrected chi connectivity index (χ0v) is 15.9. The summed E-state index contributed by atoms with van der Waals surface area (Å²) >= 11 is 0. The average Bonchev–Trinajstić information content (AvgIpc) is 3.15. The van der Waals surface area contributed by atoms with Crippen LogP contribution in [0.15, 0.2) is 41.6 Å². The highest BCUT2D eigenvalue weighted by Crippen LogP contribution is 2.17. The molecule has 2 heterocycles. The van der Waals surface area contributed by atoms with E-state index in [2.05, 4.69) is 10.1 Å². The third kappa shape index (κ3) is 4.14. The van der Waals surface area contributed by atoms with Gasteiger partial charge in [0.25, 0.3) is 5.56 Å². The van der Waals surface area contributed by atoms with Crippen LogP contribution in [0.5, 0.6) is 0 Å². The summed E-state index contributed by atoms with van der Waals surface area (Å²) in [5.41, 5.74) is 1.86. The van der Waals surface area contributed by atoms with Crippen molar-refractivity contribution in [2.24, 2.45) is 0 Å². The fourth-order valence-electron chi connectivity index (χ4n) is 3.02. The Kier molecular flexibility index (Phi) is 6.00. The minimum absolute atomic E-state index is 0.159. The van der Waals surface area contributed by atoms with Crippen LogP contribution >= 0.6 is 0 Å². The van der Waals surface area contributed by atoms with E-state index in [1.165, 1.54) is 22.0 Å². The topological polar surface area (TPSA) is 121 Å². The van der Waals surface area contributed by atoms with Gasteiger partial charge < -0.3 is 4.90 Å². The standard InChI is InChI=1S/C20H19N7O2/c1-15-6-2-3-7-17(15)27-19-16(12-24-27)20(29)26(14-23-19)13-18(28)25(10-4-8-21)11-5-9-22/h2-3,6-7,12,14H,4-5,10-11,13H2,1H3. The largest absolute Gasteiger partial charge is 0.339 e. The number of rotatable bonds is 7. The summed E-state index contributed by atoms with van der Waals surface area (Å²) in [6.07, 6.45) is 3.09. The highest BCUT2D eigenvalue weighted by molar-refractivity contribution is 5.78. The Labute approximate surface area is 167 Å². The third-order valence-corrected chi connectivity index (χ3v) is 4.54. The smallest absolute Gasteiger partial charge is 0.264 e. The molecule has 1 aromatic carbocycles. The van der Waals surface area contributed by atoms with Crippen molar-refractivity contribution in [1.82, 2.24) is 24.2 Å². The van der Waals surface area contributed by atoms with E-state index in [9.17, 15) is 9.59 Å². The normalized spacial score (nSPS) is 10.4. The third-order valence-electron chi connectivity index (χ3n) is 4.54. The molecule has 0 fully saturated rings. The molecule has 29 heavy (non-hydrogen) atoms. The van der Waals surface area contributed by atoms with Crippen molar-refractivity contribution in [3.63, 3.8) is 0 Å². The van der Waals surface area contributed by atoms with Gasteiger partial charge in [0.05, 0.1) is 36.9 Å². The lowest BCUT2D eigenvalue weighted by Crippen LogP contribution is -2.37. The number of carbonyl (C=O) groups is 1. The van der Waals surface area contributed by atoms with Crippen LogP contribution < -0.4 is 5.56 Å². The first-order valence-corrected chi connectivity index (χ1v) is 9.07. The first-order chi connectivity index (χ1) is 14.1. The lowest BCUT2D eigenvalue weighted by Gasteiger charge is -2.20. The molecule has 0 N–H and O–H groups in total. The summed E-state index contributed by atoms with van der Waals surface area (Å²) in [4.78, 5) is 31.2. The summed E-state index contributed by atoms with van der Waals surface area (Å²) in [7, 11) is 0. The second kappa shape index (κ2) is 8.81. The van der Waals surface area contributed by atoms with Crippen LogP contribution in [0.1, 0.15) is 18.4 Å². The molecule has 0 spiro atoms. The molecule has 0 atom stereocenters. The van der Waals surface area contributed by atoms with E-state index in [1.807, 2.05) is 43.3 Å². The number of hydrogen-bond donors (Lipinski definition) is 0. The maximum atomic E-state index is 12.8. The molecule has 0 aliphatic heterocycles. The van der Waals surface area contributed by atoms with Gasteiger partial charge in [-0.25, -0.2) is 9.67 Å². The Bertz CT molecular complexity index is 1160. The Morgan fingerprint density at radius 1 is 1.17 bits per heavy atom. The highest BCUT2D eigenvalue weighted by Gasteiger charge is 2.17. The van der Waals surface area contributed by atoms with Crippen molar-refractivity contribution in [3.05, 3.63) is 52.7 Å². The molecular formula is C20H19N7O2. The van der Waals surface area contributed by atoms with Gasteiger partial charge in [0.15, 0.2) is 5.65 Å². The van der Waals surface area contributed by atoms with Gasteiger partial charge >= 0.3 is 0 Å². The number of fused-ring (bicyclic) bond motifs is 1. The minimum atomic E-state index is -0.372. The molecule has 9 heteroatoms. The first-order valence-electron chi connectivity index (χ1n) is 9.07. The van der Waals surface area contributed by atoms with Crippen molar-refractivity contribution < 1.29 is 4.79 Å². The number of amides is 1. The Morgan fingerprint density at radius 2 is 1.86 bits per heavy atom. The monoisotopic (exact) mass is 389 g/mol. The van der Waals surface area contributed by atoms with Crippen molar-refractivity contribution in [3.8, 4) is 17.8 Å². The molecule has 0 unspecified atom stereocenters. The van der Waals surface area contributed by atoms with Gasteiger partial charge in [0, 0.05) is 13.1 Å². The number of aryl methyl sites for hydroxylation is 1. The van der Waals surface area contributed by atoms with Crippen LogP contribution in [-0.4, -0.2) is 43.2 Å². The molecule has 0 saturated heterocycles. The van der Waals surface area contributed by atoms with Crippen LogP contribution in [0.2, 0.25) is 0 Å². The molecule has 1 amide bonds. The van der Waals surface area contributed by atoms with E-state index in [0.717, 1.165) is 11.3 Å². The van der Waals surface area contributed by atoms with Crippen molar-refractivity contribution in [2.45, 2.75) is 26.3 Å². The molecule has 0 bridgehead atoms. The second-order valence-corrected chi connectivity index (χ2v) is 6.45. The van der Waals surface area contributed by atoms with Crippen LogP contribution in [0.3, 0.4) is 0 Å². The molecular weight excluding hydrogens is 370 g/mol. The quantitative estimate of drug-likeness (QED) is 0.604. The Morgan fingerprint density at radius 3 is 2.52 bits per heavy atom. The summed E-state index contributed by atoms with van der Waals surface area (Å²) in [6.45, 7) is 2.16. The van der Waals surface area contributed by atoms with Gasteiger partial charge in [-0.15, -0.1) is 0 Å². The van der Waals surface area contributed by atoms with Crippen LogP contribution in [0, 0.1) is 29.6 Å². The highest BCUT2D eigenvalue weighted by atomic mass is 16.2. The number of nitrogens with zero attached hydrogens (tertiary/aromatic N) is 7. The Balaban J connectivity index is 1.90. The van der Waals surface area contributed by atoms with Crippen LogP contribution in [0.25, 0.3) is 16.7 Å². The first kappa shape index (κ1) is 19.8. The van der Waals surface area contributed by atoms with Crippen molar-refractivity contribution >= 4 is 16.9 Å². The molecule has 9 nitrogen and oxygen atoms in total. The van der Waals surface area contributed by atoms with E-state index >= 15 is 0 Å². The zero-order chi connectivity index (χ0) is 20.8. The number of hydrogen-bond acceptors (Lipinski definition) is 6. The second-order valence-electron chi connectivity index (χ2n) is 6.45. The SMILES string of the molecule is Cc1ccccc1-n1ncc2c(=O)n(CC(=O)N(CCC#N)CCC#N)cnc21. The summed E-state index contributed by atoms with van der Waals surface area (Å²) in [5.74, 6) is -0.343. The molecule has 0 aliphatic rings. The van der Waals surface area contributed by atoms with E-state index in [-0.39, 0.29) is 43.9 Å². The number of para-hydroxylation sites is 1. The van der Waals surface area contributed by atoms with Crippen molar-refractivity contribution in [1.29, 1.82) is 10.5 Å². The minimum Gasteiger partial charge on any atom is -0.339 e. The molecule has 0 aliphatic carbocycles. The van der Waals surface area contributed by atoms with Gasteiger partial charge in [-0.2, -0.15) is 15.6 Å². The van der Waals surface area contributed by atoms with Gasteiger partial charge in [-0.05, 0) is 18.6 Å². The fraction of sp³-hybridized carbons (Fsp3) is 0.300. The average molecular weight is 389 g/mol. The van der Waals surface area contributed by atoms with Gasteiger partial charge in [-0.3, -0.25) is 14.2 Å². The van der Waals surface area contributed by atoms with Crippen molar-refractivity contribution in [2.75, 3.05) is 13.1 Å². The van der Waals surface area contributed by atoms with E-state index < -0.39 is 0 Å². The molecule has 0 radical (unpaired) electrons. The predicted molar refractivity (Wildman–Crippen MR) is 105 cm³/mol. The van der Waals surface area contributed by atoms with E-state index in [1.54, 1.807) is 4.68 Å². The van der Waals surface area contributed by atoms with E-state index in [4.69, 9.17) is 10.5 Å². The lowest BCUT2D eigenvalue weighted by atomic mass is 10.2. The van der Waals surface area contributed by atoms with Crippen LogP contribution in [0.4, 0.5) is 0 Å². The zero-order valence-electron chi connectivity index (χ0n) is 15.9. The van der Waals surface area contributed by atoms with Gasteiger partial charge in [0.2, 0.25) is 5.91 Å². The van der Waals surface area contributed by atoms with Gasteiger partial charge in [-0.1, -0.05) is 18.2 Å². The maximum absolute atomic E-state index is 12.8. The molecule has 3 rings (SSSR count). The molecule has 3 aromatic rings. The maximum Gasteiger partial charge on any atom is 0.264 e. The number of aromatic nitrogens is 4. The molecule has 2 aromatic heterocycles. The Hall–Kier alpha value is -3.98. The van der Waals surface area contributed by atoms with E-state index in [0.29, 0.717) is 11.0 Å². The van der Waals surface area contributed by atoms with Gasteiger partial charge in [0.1, 0.15) is 18.3 Å². The fourth-order valence-corrected chi connectivity index (χ4v) is 3.02. The number of carbonyl (C=O) groups excluding carboxylic acids is 1. The van der Waals surface area contributed by atoms with Crippen LogP contribution in [-0.2, 0) is 11.3 Å². The summed E-state index contributed by atoms with van der Waals surface area (Å²) < 4.78 is 2.82. The lowest BCUT2D eigenvalue weighted by molar-refractivity contribution is -0.131.